The van der Waals surface area contributed by atoms with E-state index in [0.717, 1.165) is 44.9 Å². The third-order valence-electron chi connectivity index (χ3n) is 9.31. The number of quaternary nitrogens is 1. The summed E-state index contributed by atoms with van der Waals surface area (Å²) < 4.78 is 0.489. The van der Waals surface area contributed by atoms with Crippen LogP contribution in [0.3, 0.4) is 0 Å². The summed E-state index contributed by atoms with van der Waals surface area (Å²) in [5.74, 6) is -0.267. The molecule has 4 N–H and O–H groups in total. The molecule has 0 aliphatic rings. The zero-order valence-corrected chi connectivity index (χ0v) is 32.6. The maximum atomic E-state index is 12.8. The zero-order valence-electron chi connectivity index (χ0n) is 32.6. The Morgan fingerprint density at radius 2 is 1.00 bits per heavy atom. The molecule has 0 bridgehead atoms. The van der Waals surface area contributed by atoms with Crippen LogP contribution < -0.4 is 10.6 Å². The Hall–Kier alpha value is -1.44. The SMILES string of the molecule is CCCCCCCC/C=C\CCCCCCCC(=O)N[C@@H](CNC(=O)C[N+](C)(C)C)[C@H](O)[C@H](O)CCCCCCCCCCCCCC. The molecule has 0 saturated heterocycles. The Labute approximate surface area is 298 Å². The van der Waals surface area contributed by atoms with Gasteiger partial charge in [0.15, 0.2) is 6.54 Å². The Kier molecular flexibility index (Phi) is 31.8. The number of aliphatic hydroxyl groups excluding tert-OH is 2. The molecule has 3 atom stereocenters. The standard InChI is InChI=1S/C41H81N3O4/c1-6-8-10-12-14-16-18-20-21-22-24-26-28-30-32-34-39(46)43-37(35-42-40(47)36-44(3,4)5)41(48)38(45)33-31-29-27-25-23-19-17-15-13-11-9-7-2/h20-21,37-38,41,45,48H,6-19,22-36H2,1-5H3,(H-,42,43,46,47)/p+1/b21-20-/t37-,38+,41-/m0/s1. The molecule has 0 spiro atoms. The molecule has 0 aromatic heterocycles. The highest BCUT2D eigenvalue weighted by molar-refractivity contribution is 5.78. The molecule has 0 aromatic carbocycles. The van der Waals surface area contributed by atoms with Gasteiger partial charge in [0.05, 0.1) is 33.3 Å². The lowest BCUT2D eigenvalue weighted by atomic mass is 9.98. The summed E-state index contributed by atoms with van der Waals surface area (Å²) in [6, 6.07) is -0.718. The molecule has 0 rings (SSSR count). The van der Waals surface area contributed by atoms with E-state index in [2.05, 4.69) is 36.6 Å². The predicted molar refractivity (Wildman–Crippen MR) is 205 cm³/mol. The van der Waals surface area contributed by atoms with E-state index >= 15 is 0 Å². The van der Waals surface area contributed by atoms with Gasteiger partial charge in [0.1, 0.15) is 6.10 Å². The topological polar surface area (TPSA) is 98.7 Å². The van der Waals surface area contributed by atoms with E-state index in [4.69, 9.17) is 0 Å². The van der Waals surface area contributed by atoms with Crippen molar-refractivity contribution in [2.24, 2.45) is 0 Å². The van der Waals surface area contributed by atoms with Gasteiger partial charge in [-0.3, -0.25) is 9.59 Å². The number of carbonyl (C=O) groups excluding carboxylic acids is 2. The number of nitrogens with one attached hydrogen (secondary N) is 2. The molecule has 0 heterocycles. The van der Waals surface area contributed by atoms with Gasteiger partial charge < -0.3 is 25.3 Å². The van der Waals surface area contributed by atoms with Gasteiger partial charge >= 0.3 is 0 Å². The minimum absolute atomic E-state index is 0.105. The number of nitrogens with zero attached hydrogens (tertiary/aromatic N) is 1. The lowest BCUT2D eigenvalue weighted by Gasteiger charge is -2.29. The summed E-state index contributed by atoms with van der Waals surface area (Å²) in [6.07, 6.45) is 34.1. The van der Waals surface area contributed by atoms with Gasteiger partial charge in [0.25, 0.3) is 5.91 Å². The van der Waals surface area contributed by atoms with Gasteiger partial charge in [-0.25, -0.2) is 0 Å². The van der Waals surface area contributed by atoms with Gasteiger partial charge in [-0.2, -0.15) is 0 Å². The van der Waals surface area contributed by atoms with Gasteiger partial charge in [-0.05, 0) is 38.5 Å². The van der Waals surface area contributed by atoms with Crippen molar-refractivity contribution in [1.82, 2.24) is 10.6 Å². The van der Waals surface area contributed by atoms with Crippen LogP contribution in [0.2, 0.25) is 0 Å². The summed E-state index contributed by atoms with van der Waals surface area (Å²) >= 11 is 0. The van der Waals surface area contributed by atoms with E-state index in [1.54, 1.807) is 0 Å². The molecular formula is C41H82N3O4+. The molecule has 0 saturated carbocycles. The van der Waals surface area contributed by atoms with Crippen molar-refractivity contribution in [3.8, 4) is 0 Å². The molecule has 0 radical (unpaired) electrons. The van der Waals surface area contributed by atoms with E-state index in [-0.39, 0.29) is 18.4 Å². The number of hydrogen-bond donors (Lipinski definition) is 4. The fraction of sp³-hybridized carbons (Fsp3) is 0.902. The maximum absolute atomic E-state index is 12.8. The molecule has 2 amide bonds. The Bertz CT molecular complexity index is 767. The minimum Gasteiger partial charge on any atom is -0.390 e. The van der Waals surface area contributed by atoms with Crippen molar-refractivity contribution in [2.75, 3.05) is 34.2 Å². The van der Waals surface area contributed by atoms with Crippen LogP contribution in [-0.4, -0.2) is 79.0 Å². The van der Waals surface area contributed by atoms with Crippen LogP contribution in [0.1, 0.15) is 187 Å². The van der Waals surface area contributed by atoms with Gasteiger partial charge in [0, 0.05) is 13.0 Å². The number of amides is 2. The molecular weight excluding hydrogens is 598 g/mol. The van der Waals surface area contributed by atoms with E-state index < -0.39 is 18.2 Å². The van der Waals surface area contributed by atoms with Crippen LogP contribution in [-0.2, 0) is 9.59 Å². The lowest BCUT2D eigenvalue weighted by Crippen LogP contribution is -2.55. The monoisotopic (exact) mass is 681 g/mol. The average molecular weight is 681 g/mol. The van der Waals surface area contributed by atoms with Crippen molar-refractivity contribution < 1.29 is 24.3 Å². The van der Waals surface area contributed by atoms with E-state index in [0.29, 0.717) is 23.9 Å². The van der Waals surface area contributed by atoms with Crippen molar-refractivity contribution in [3.63, 3.8) is 0 Å². The molecule has 0 aromatic rings. The summed E-state index contributed by atoms with van der Waals surface area (Å²) in [4.78, 5) is 25.3. The van der Waals surface area contributed by atoms with Crippen LogP contribution in [0.25, 0.3) is 0 Å². The third kappa shape index (κ3) is 31.8. The second-order valence-electron chi connectivity index (χ2n) is 15.5. The molecule has 284 valence electrons. The number of hydrogen-bond acceptors (Lipinski definition) is 4. The van der Waals surface area contributed by atoms with Crippen LogP contribution in [0.5, 0.6) is 0 Å². The number of allylic oxidation sites excluding steroid dienone is 2. The molecule has 7 heteroatoms. The first kappa shape index (κ1) is 46.6. The van der Waals surface area contributed by atoms with Gasteiger partial charge in [-0.15, -0.1) is 0 Å². The highest BCUT2D eigenvalue weighted by Crippen LogP contribution is 2.15. The first-order chi connectivity index (χ1) is 23.1. The summed E-state index contributed by atoms with van der Waals surface area (Å²) in [5, 5.41) is 27.6. The lowest BCUT2D eigenvalue weighted by molar-refractivity contribution is -0.862. The number of unbranched alkanes of at least 4 members (excludes halogenated alkanes) is 22. The molecule has 7 nitrogen and oxygen atoms in total. The van der Waals surface area contributed by atoms with Gasteiger partial charge in [-0.1, -0.05) is 154 Å². The first-order valence-corrected chi connectivity index (χ1v) is 20.5. The van der Waals surface area contributed by atoms with Gasteiger partial charge in [0.2, 0.25) is 5.91 Å². The fourth-order valence-electron chi connectivity index (χ4n) is 6.24. The summed E-state index contributed by atoms with van der Waals surface area (Å²) in [5.41, 5.74) is 0. The Balaban J connectivity index is 4.36. The maximum Gasteiger partial charge on any atom is 0.275 e. The Morgan fingerprint density at radius 3 is 1.46 bits per heavy atom. The van der Waals surface area contributed by atoms with Crippen LogP contribution in [0, 0.1) is 0 Å². The zero-order chi connectivity index (χ0) is 35.7. The number of rotatable bonds is 35. The van der Waals surface area contributed by atoms with Crippen molar-refractivity contribution in [1.29, 1.82) is 0 Å². The first-order valence-electron chi connectivity index (χ1n) is 20.5. The van der Waals surface area contributed by atoms with Crippen LogP contribution >= 0.6 is 0 Å². The Morgan fingerprint density at radius 1 is 0.583 bits per heavy atom. The van der Waals surface area contributed by atoms with Crippen molar-refractivity contribution in [2.45, 2.75) is 205 Å². The fourth-order valence-corrected chi connectivity index (χ4v) is 6.24. The third-order valence-corrected chi connectivity index (χ3v) is 9.31. The highest BCUT2D eigenvalue weighted by atomic mass is 16.3. The molecule has 48 heavy (non-hydrogen) atoms. The summed E-state index contributed by atoms with van der Waals surface area (Å²) in [6.45, 7) is 4.92. The second kappa shape index (κ2) is 32.7. The normalized spacial score (nSPS) is 13.9. The second-order valence-corrected chi connectivity index (χ2v) is 15.5. The van der Waals surface area contributed by atoms with Crippen LogP contribution in [0.15, 0.2) is 12.2 Å². The summed E-state index contributed by atoms with van der Waals surface area (Å²) in [7, 11) is 5.83. The van der Waals surface area contributed by atoms with Crippen molar-refractivity contribution >= 4 is 11.8 Å². The van der Waals surface area contributed by atoms with E-state index in [1.165, 1.54) is 116 Å². The smallest absolute Gasteiger partial charge is 0.275 e. The predicted octanol–water partition coefficient (Wildman–Crippen LogP) is 9.14. The largest absolute Gasteiger partial charge is 0.390 e. The molecule has 0 aliphatic heterocycles. The van der Waals surface area contributed by atoms with E-state index in [1.807, 2.05) is 21.1 Å². The van der Waals surface area contributed by atoms with Crippen LogP contribution in [0.4, 0.5) is 0 Å². The molecule has 0 aliphatic carbocycles. The van der Waals surface area contributed by atoms with Crippen molar-refractivity contribution in [3.05, 3.63) is 12.2 Å². The number of aliphatic hydroxyl groups is 2. The minimum atomic E-state index is -1.12. The average Bonchev–Trinajstić information content (AvgIpc) is 3.04. The highest BCUT2D eigenvalue weighted by Gasteiger charge is 2.28. The quantitative estimate of drug-likeness (QED) is 0.0305. The van der Waals surface area contributed by atoms with E-state index in [9.17, 15) is 19.8 Å². The molecule has 0 unspecified atom stereocenters. The molecule has 0 fully saturated rings. The number of carbonyl (C=O) groups is 2. The number of likely N-dealkylation sites (N-methyl/N-ethyl adjacent to an activating group) is 1.